The van der Waals surface area contributed by atoms with Crippen LogP contribution in [-0.2, 0) is 4.74 Å². The van der Waals surface area contributed by atoms with E-state index in [9.17, 15) is 14.4 Å². The van der Waals surface area contributed by atoms with E-state index in [-0.39, 0.29) is 34.2 Å². The largest absolute Gasteiger partial charge is 0.448 e. The molecule has 0 spiro atoms. The maximum absolute atomic E-state index is 13.3. The van der Waals surface area contributed by atoms with Crippen LogP contribution in [-0.4, -0.2) is 80.2 Å². The highest BCUT2D eigenvalue weighted by Crippen LogP contribution is 2.39. The third-order valence-electron chi connectivity index (χ3n) is 8.32. The molecule has 3 aliphatic rings. The van der Waals surface area contributed by atoms with Gasteiger partial charge in [-0.2, -0.15) is 0 Å². The Hall–Kier alpha value is -4.25. The minimum Gasteiger partial charge on any atom is -0.448 e. The van der Waals surface area contributed by atoms with Crippen LogP contribution in [0.25, 0.3) is 0 Å². The number of carbonyl (C=O) groups is 3. The van der Waals surface area contributed by atoms with Crippen molar-refractivity contribution in [3.8, 4) is 0 Å². The van der Waals surface area contributed by atoms with Gasteiger partial charge in [0.05, 0.1) is 28.5 Å². The molecule has 12 heteroatoms. The van der Waals surface area contributed by atoms with Crippen LogP contribution in [0, 0.1) is 13.8 Å². The van der Waals surface area contributed by atoms with Crippen LogP contribution < -0.4 is 20.4 Å². The van der Waals surface area contributed by atoms with Crippen LogP contribution in [0.4, 0.5) is 21.9 Å². The molecule has 2 aromatic carbocycles. The molecule has 3 heterocycles. The molecule has 0 unspecified atom stereocenters. The zero-order valence-corrected chi connectivity index (χ0v) is 25.8. The van der Waals surface area contributed by atoms with Gasteiger partial charge in [0.15, 0.2) is 11.6 Å². The number of ether oxygens (including phenoxy) is 1. The Kier molecular flexibility index (Phi) is 8.65. The number of piperazine rings is 1. The van der Waals surface area contributed by atoms with E-state index in [0.29, 0.717) is 57.3 Å². The second kappa shape index (κ2) is 12.8. The van der Waals surface area contributed by atoms with Gasteiger partial charge < -0.3 is 34.5 Å². The SMILES string of the molecule is Cc1ccc(C)c(N2CCN(c3cc(Cl)c(C(=O)NCCCN4CCOC4=O)cc3NC(=O)c3coc(C4CC4)n3)CC2)c1. The molecular weight excluding hydrogens is 584 g/mol. The molecule has 2 saturated heterocycles. The average molecular weight is 621 g/mol. The zero-order chi connectivity index (χ0) is 30.8. The fourth-order valence-corrected chi connectivity index (χ4v) is 5.88. The normalized spacial score (nSPS) is 16.7. The highest BCUT2D eigenvalue weighted by Gasteiger charge is 2.30. The molecule has 3 aromatic rings. The first-order valence-electron chi connectivity index (χ1n) is 15.1. The Morgan fingerprint density at radius 3 is 2.45 bits per heavy atom. The van der Waals surface area contributed by atoms with Gasteiger partial charge >= 0.3 is 6.09 Å². The van der Waals surface area contributed by atoms with Gasteiger partial charge in [-0.1, -0.05) is 23.7 Å². The lowest BCUT2D eigenvalue weighted by atomic mass is 10.1. The first-order valence-corrected chi connectivity index (χ1v) is 15.5. The Bertz CT molecular complexity index is 1560. The van der Waals surface area contributed by atoms with E-state index in [1.54, 1.807) is 17.0 Å². The van der Waals surface area contributed by atoms with Gasteiger partial charge in [0.2, 0.25) is 0 Å². The Balaban J connectivity index is 1.19. The van der Waals surface area contributed by atoms with Crippen LogP contribution in [0.5, 0.6) is 0 Å². The average Bonchev–Trinajstić information content (AvgIpc) is 3.60. The van der Waals surface area contributed by atoms with Gasteiger partial charge in [-0.3, -0.25) is 9.59 Å². The number of amides is 3. The summed E-state index contributed by atoms with van der Waals surface area (Å²) in [6.07, 6.45) is 3.64. The van der Waals surface area contributed by atoms with Crippen molar-refractivity contribution in [1.82, 2.24) is 15.2 Å². The smallest absolute Gasteiger partial charge is 0.409 e. The van der Waals surface area contributed by atoms with Gasteiger partial charge in [0.1, 0.15) is 12.9 Å². The quantitative estimate of drug-likeness (QED) is 0.305. The summed E-state index contributed by atoms with van der Waals surface area (Å²) >= 11 is 6.71. The second-order valence-electron chi connectivity index (χ2n) is 11.6. The fraction of sp³-hybridized carbons (Fsp3) is 0.438. The van der Waals surface area contributed by atoms with Crippen LogP contribution in [0.15, 0.2) is 41.0 Å². The molecule has 0 atom stereocenters. The van der Waals surface area contributed by atoms with Crippen molar-refractivity contribution in [3.63, 3.8) is 0 Å². The number of nitrogens with one attached hydrogen (secondary N) is 2. The molecule has 232 valence electrons. The van der Waals surface area contributed by atoms with E-state index in [1.807, 2.05) is 0 Å². The summed E-state index contributed by atoms with van der Waals surface area (Å²) in [6.45, 7) is 8.98. The molecule has 0 radical (unpaired) electrons. The molecular formula is C32H37ClN6O5. The summed E-state index contributed by atoms with van der Waals surface area (Å²) in [4.78, 5) is 48.7. The van der Waals surface area contributed by atoms with E-state index < -0.39 is 5.91 Å². The molecule has 44 heavy (non-hydrogen) atoms. The summed E-state index contributed by atoms with van der Waals surface area (Å²) < 4.78 is 10.5. The van der Waals surface area contributed by atoms with Gasteiger partial charge in [-0.25, -0.2) is 9.78 Å². The molecule has 3 amide bonds. The summed E-state index contributed by atoms with van der Waals surface area (Å²) in [7, 11) is 0. The van der Waals surface area contributed by atoms with Gasteiger partial charge in [-0.05, 0) is 62.4 Å². The van der Waals surface area contributed by atoms with Crippen molar-refractivity contribution in [2.75, 3.05) is 67.5 Å². The lowest BCUT2D eigenvalue weighted by Gasteiger charge is -2.39. The maximum atomic E-state index is 13.3. The number of aromatic nitrogens is 1. The van der Waals surface area contributed by atoms with Crippen LogP contribution in [0.2, 0.25) is 5.02 Å². The molecule has 1 aromatic heterocycles. The highest BCUT2D eigenvalue weighted by molar-refractivity contribution is 6.34. The van der Waals surface area contributed by atoms with E-state index in [1.165, 1.54) is 23.1 Å². The van der Waals surface area contributed by atoms with E-state index in [4.69, 9.17) is 20.8 Å². The third kappa shape index (κ3) is 6.62. The van der Waals surface area contributed by atoms with Crippen LogP contribution >= 0.6 is 11.6 Å². The monoisotopic (exact) mass is 620 g/mol. The summed E-state index contributed by atoms with van der Waals surface area (Å²) in [5, 5.41) is 6.14. The Morgan fingerprint density at radius 1 is 1.00 bits per heavy atom. The third-order valence-corrected chi connectivity index (χ3v) is 8.63. The number of hydrogen-bond donors (Lipinski definition) is 2. The van der Waals surface area contributed by atoms with E-state index >= 15 is 0 Å². The number of anilines is 3. The number of aryl methyl sites for hydroxylation is 2. The van der Waals surface area contributed by atoms with Crippen molar-refractivity contribution in [2.24, 2.45) is 0 Å². The number of halogens is 1. The number of rotatable bonds is 10. The zero-order valence-electron chi connectivity index (χ0n) is 25.0. The molecule has 2 aliphatic heterocycles. The maximum Gasteiger partial charge on any atom is 0.409 e. The van der Waals surface area contributed by atoms with Gasteiger partial charge in [0, 0.05) is 50.9 Å². The van der Waals surface area contributed by atoms with Crippen molar-refractivity contribution in [2.45, 2.75) is 39.0 Å². The van der Waals surface area contributed by atoms with Crippen molar-refractivity contribution >= 4 is 46.6 Å². The predicted molar refractivity (Wildman–Crippen MR) is 168 cm³/mol. The number of nitrogens with zero attached hydrogens (tertiary/aromatic N) is 4. The van der Waals surface area contributed by atoms with Crippen molar-refractivity contribution < 1.29 is 23.5 Å². The summed E-state index contributed by atoms with van der Waals surface area (Å²) in [6, 6.07) is 9.86. The molecule has 1 aliphatic carbocycles. The molecule has 3 fully saturated rings. The number of oxazole rings is 1. The lowest BCUT2D eigenvalue weighted by molar-refractivity contribution is 0.0951. The number of cyclic esters (lactones) is 1. The summed E-state index contributed by atoms with van der Waals surface area (Å²) in [5.74, 6) is 0.0824. The van der Waals surface area contributed by atoms with Crippen LogP contribution in [0.3, 0.4) is 0 Å². The first kappa shape index (κ1) is 29.8. The highest BCUT2D eigenvalue weighted by atomic mass is 35.5. The van der Waals surface area contributed by atoms with Crippen LogP contribution in [0.1, 0.15) is 63.0 Å². The van der Waals surface area contributed by atoms with Gasteiger partial charge in [-0.15, -0.1) is 0 Å². The van der Waals surface area contributed by atoms with Gasteiger partial charge in [0.25, 0.3) is 11.8 Å². The minimum atomic E-state index is -0.415. The second-order valence-corrected chi connectivity index (χ2v) is 12.0. The number of benzene rings is 2. The Morgan fingerprint density at radius 2 is 1.75 bits per heavy atom. The minimum absolute atomic E-state index is 0.194. The van der Waals surface area contributed by atoms with Crippen molar-refractivity contribution in [1.29, 1.82) is 0 Å². The molecule has 1 saturated carbocycles. The van der Waals surface area contributed by atoms with Crippen molar-refractivity contribution in [3.05, 3.63) is 69.9 Å². The molecule has 6 rings (SSSR count). The molecule has 2 N–H and O–H groups in total. The predicted octanol–water partition coefficient (Wildman–Crippen LogP) is 4.97. The standard InChI is InChI=1S/C32H37ClN6O5/c1-20-4-5-21(2)27(16-20)37-10-12-38(13-11-37)28-18-24(33)23(29(40)34-8-3-9-39-14-15-43-32(39)42)17-25(28)35-30(41)26-19-44-31(36-26)22-6-7-22/h4-5,16-19,22H,3,6-15H2,1-2H3,(H,34,40)(H,35,41). The van der Waals surface area contributed by atoms with E-state index in [2.05, 4.69) is 57.5 Å². The topological polar surface area (TPSA) is 120 Å². The number of carbonyl (C=O) groups excluding carboxylic acids is 3. The molecule has 0 bridgehead atoms. The van der Waals surface area contributed by atoms with E-state index in [0.717, 1.165) is 31.6 Å². The molecule has 11 nitrogen and oxygen atoms in total. The first-order chi connectivity index (χ1) is 21.3. The fourth-order valence-electron chi connectivity index (χ4n) is 5.64. The summed E-state index contributed by atoms with van der Waals surface area (Å²) in [5.41, 5.74) is 5.32. The number of hydrogen-bond acceptors (Lipinski definition) is 8. The Labute approximate surface area is 261 Å². The lowest BCUT2D eigenvalue weighted by Crippen LogP contribution is -2.47.